The summed E-state index contributed by atoms with van der Waals surface area (Å²) in [7, 11) is 0. The fourth-order valence-corrected chi connectivity index (χ4v) is 4.42. The summed E-state index contributed by atoms with van der Waals surface area (Å²) < 4.78 is 13.2. The van der Waals surface area contributed by atoms with Gasteiger partial charge in [-0.25, -0.2) is 9.18 Å². The van der Waals surface area contributed by atoms with Crippen LogP contribution in [-0.2, 0) is 11.3 Å². The first-order valence-electron chi connectivity index (χ1n) is 11.4. The molecule has 9 heteroatoms. The Kier molecular flexibility index (Phi) is 9.56. The zero-order valence-corrected chi connectivity index (χ0v) is 21.0. The normalized spacial score (nSPS) is 19.5. The Bertz CT molecular complexity index is 958. The lowest BCUT2D eigenvalue weighted by molar-refractivity contribution is -0.137. The second kappa shape index (κ2) is 12.4. The third-order valence-electron chi connectivity index (χ3n) is 6.07. The van der Waals surface area contributed by atoms with Crippen molar-refractivity contribution in [3.63, 3.8) is 0 Å². The van der Waals surface area contributed by atoms with Crippen LogP contribution in [0, 0.1) is 5.82 Å². The predicted octanol–water partition coefficient (Wildman–Crippen LogP) is 4.57. The Morgan fingerprint density at radius 2 is 1.74 bits per heavy atom. The van der Waals surface area contributed by atoms with Crippen LogP contribution in [0.3, 0.4) is 0 Å². The maximum Gasteiger partial charge on any atom is 0.315 e. The number of benzene rings is 2. The predicted molar refractivity (Wildman–Crippen MR) is 134 cm³/mol. The van der Waals surface area contributed by atoms with Gasteiger partial charge in [-0.1, -0.05) is 35.9 Å². The van der Waals surface area contributed by atoms with Gasteiger partial charge < -0.3 is 15.5 Å². The van der Waals surface area contributed by atoms with Crippen molar-refractivity contribution in [1.29, 1.82) is 0 Å². The van der Waals surface area contributed by atoms with Crippen molar-refractivity contribution in [3.05, 3.63) is 70.5 Å². The first-order valence-corrected chi connectivity index (χ1v) is 12.3. The molecule has 1 aliphatic heterocycles. The molecule has 1 saturated heterocycles. The number of carbonyl (C=O) groups excluding carboxylic acids is 2. The monoisotopic (exact) mass is 508 g/mol. The molecule has 2 N–H and O–H groups in total. The number of hydrogen-bond donors (Lipinski definition) is 2. The van der Waals surface area contributed by atoms with E-state index >= 15 is 0 Å². The number of carbonyl (C=O) groups is 2. The van der Waals surface area contributed by atoms with Crippen LogP contribution in [0.15, 0.2) is 48.5 Å². The smallest absolute Gasteiger partial charge is 0.315 e. The summed E-state index contributed by atoms with van der Waals surface area (Å²) in [6, 6.07) is 12.9. The van der Waals surface area contributed by atoms with Gasteiger partial charge in [-0.3, -0.25) is 9.69 Å². The van der Waals surface area contributed by atoms with Crippen LogP contribution >= 0.6 is 23.2 Å². The van der Waals surface area contributed by atoms with Gasteiger partial charge in [-0.15, -0.1) is 11.6 Å². The van der Waals surface area contributed by atoms with Gasteiger partial charge in [-0.05, 0) is 49.2 Å². The van der Waals surface area contributed by atoms with Crippen molar-refractivity contribution in [3.8, 4) is 0 Å². The summed E-state index contributed by atoms with van der Waals surface area (Å²) >= 11 is 11.7. The fraction of sp³-hybridized carbons (Fsp3) is 0.440. The van der Waals surface area contributed by atoms with E-state index in [-0.39, 0.29) is 36.3 Å². The van der Waals surface area contributed by atoms with Gasteiger partial charge in [0.2, 0.25) is 5.91 Å². The van der Waals surface area contributed by atoms with Gasteiger partial charge in [0.25, 0.3) is 0 Å². The summed E-state index contributed by atoms with van der Waals surface area (Å²) in [5.74, 6) is 0.0226. The van der Waals surface area contributed by atoms with Crippen LogP contribution in [-0.4, -0.2) is 59.3 Å². The third-order valence-corrected chi connectivity index (χ3v) is 6.51. The molecule has 0 spiro atoms. The van der Waals surface area contributed by atoms with E-state index < -0.39 is 6.04 Å². The Morgan fingerprint density at radius 1 is 1.06 bits per heavy atom. The lowest BCUT2D eigenvalue weighted by Crippen LogP contribution is -2.58. The minimum atomic E-state index is -0.500. The molecule has 3 atom stereocenters. The van der Waals surface area contributed by atoms with E-state index in [1.165, 1.54) is 12.1 Å². The van der Waals surface area contributed by atoms with E-state index in [4.69, 9.17) is 23.2 Å². The minimum Gasteiger partial charge on any atom is -0.337 e. The summed E-state index contributed by atoms with van der Waals surface area (Å²) in [6.07, 6.45) is 0.130. The van der Waals surface area contributed by atoms with Gasteiger partial charge >= 0.3 is 6.03 Å². The Balaban J connectivity index is 1.66. The second-order valence-corrected chi connectivity index (χ2v) is 9.51. The average Bonchev–Trinajstić information content (AvgIpc) is 2.81. The fourth-order valence-electron chi connectivity index (χ4n) is 4.20. The molecule has 34 heavy (non-hydrogen) atoms. The molecule has 0 aliphatic carbocycles. The molecule has 0 bridgehead atoms. The number of halogens is 3. The van der Waals surface area contributed by atoms with Crippen LogP contribution in [0.4, 0.5) is 9.18 Å². The number of urea groups is 1. The third kappa shape index (κ3) is 7.32. The van der Waals surface area contributed by atoms with Crippen molar-refractivity contribution < 1.29 is 14.0 Å². The Labute approximate surface area is 210 Å². The van der Waals surface area contributed by atoms with E-state index in [2.05, 4.69) is 22.5 Å². The molecule has 1 heterocycles. The van der Waals surface area contributed by atoms with Crippen LogP contribution in [0.5, 0.6) is 0 Å². The van der Waals surface area contributed by atoms with E-state index in [1.54, 1.807) is 24.3 Å². The first kappa shape index (κ1) is 26.3. The molecular formula is C25H31Cl2FN4O2. The average molecular weight is 509 g/mol. The molecule has 3 amide bonds. The zero-order valence-electron chi connectivity index (χ0n) is 19.4. The molecule has 0 radical (unpaired) electrons. The minimum absolute atomic E-state index is 0.0000844. The standard InChI is InChI=1S/C25H31Cl2FN4O2/c1-17-15-32(18(2)14-31(17)16-19-3-9-22(28)10-4-19)24(33)13-23(30-25(34)29-12-11-26)20-5-7-21(27)8-6-20/h3-10,17-18,23H,11-16H2,1-2H3,(H2,29,30,34)/t17-,18+,23?/m0/s1. The summed E-state index contributed by atoms with van der Waals surface area (Å²) in [5, 5.41) is 6.15. The van der Waals surface area contributed by atoms with Crippen molar-refractivity contribution in [1.82, 2.24) is 20.4 Å². The number of nitrogens with one attached hydrogen (secondary N) is 2. The van der Waals surface area contributed by atoms with E-state index in [1.807, 2.05) is 24.0 Å². The molecule has 2 aromatic carbocycles. The van der Waals surface area contributed by atoms with E-state index in [0.717, 1.165) is 11.1 Å². The van der Waals surface area contributed by atoms with Crippen LogP contribution < -0.4 is 10.6 Å². The summed E-state index contributed by atoms with van der Waals surface area (Å²) in [5.41, 5.74) is 1.84. The lowest BCUT2D eigenvalue weighted by atomic mass is 10.0. The number of alkyl halides is 1. The molecule has 1 fully saturated rings. The lowest BCUT2D eigenvalue weighted by Gasteiger charge is -2.44. The molecule has 2 aromatic rings. The van der Waals surface area contributed by atoms with Gasteiger partial charge in [-0.2, -0.15) is 0 Å². The number of rotatable bonds is 8. The highest BCUT2D eigenvalue weighted by Gasteiger charge is 2.33. The van der Waals surface area contributed by atoms with Crippen LogP contribution in [0.25, 0.3) is 0 Å². The van der Waals surface area contributed by atoms with Gasteiger partial charge in [0, 0.05) is 49.2 Å². The van der Waals surface area contributed by atoms with E-state index in [0.29, 0.717) is 37.1 Å². The molecule has 0 saturated carbocycles. The number of amides is 3. The molecule has 184 valence electrons. The number of hydrogen-bond acceptors (Lipinski definition) is 3. The SMILES string of the molecule is C[C@@H]1CN(Cc2ccc(F)cc2)[C@@H](C)CN1C(=O)CC(NC(=O)NCCCl)c1ccc(Cl)cc1. The molecule has 1 aliphatic rings. The van der Waals surface area contributed by atoms with E-state index in [9.17, 15) is 14.0 Å². The molecule has 3 rings (SSSR count). The van der Waals surface area contributed by atoms with Crippen molar-refractivity contribution in [2.75, 3.05) is 25.5 Å². The van der Waals surface area contributed by atoms with Gasteiger partial charge in [0.15, 0.2) is 0 Å². The quantitative estimate of drug-likeness (QED) is 0.513. The molecular weight excluding hydrogens is 478 g/mol. The topological polar surface area (TPSA) is 64.7 Å². The number of nitrogens with zero attached hydrogens (tertiary/aromatic N) is 2. The summed E-state index contributed by atoms with van der Waals surface area (Å²) in [4.78, 5) is 29.8. The van der Waals surface area contributed by atoms with Gasteiger partial charge in [0.05, 0.1) is 12.5 Å². The molecule has 6 nitrogen and oxygen atoms in total. The maximum absolute atomic E-state index is 13.3. The Morgan fingerprint density at radius 3 is 2.38 bits per heavy atom. The van der Waals surface area contributed by atoms with Crippen molar-refractivity contribution >= 4 is 35.1 Å². The first-order chi connectivity index (χ1) is 16.3. The highest BCUT2D eigenvalue weighted by Crippen LogP contribution is 2.24. The molecule has 1 unspecified atom stereocenters. The van der Waals surface area contributed by atoms with Crippen molar-refractivity contribution in [2.45, 2.75) is 44.9 Å². The molecule has 0 aromatic heterocycles. The highest BCUT2D eigenvalue weighted by molar-refractivity contribution is 6.30. The highest BCUT2D eigenvalue weighted by atomic mass is 35.5. The number of piperazine rings is 1. The van der Waals surface area contributed by atoms with Crippen molar-refractivity contribution in [2.24, 2.45) is 0 Å². The summed E-state index contributed by atoms with van der Waals surface area (Å²) in [6.45, 7) is 6.43. The second-order valence-electron chi connectivity index (χ2n) is 8.70. The largest absolute Gasteiger partial charge is 0.337 e. The maximum atomic E-state index is 13.3. The van der Waals surface area contributed by atoms with Crippen LogP contribution in [0.2, 0.25) is 5.02 Å². The van der Waals surface area contributed by atoms with Crippen LogP contribution in [0.1, 0.15) is 37.4 Å². The zero-order chi connectivity index (χ0) is 24.7. The van der Waals surface area contributed by atoms with Gasteiger partial charge in [0.1, 0.15) is 5.82 Å². The Hall–Kier alpha value is -2.35.